The van der Waals surface area contributed by atoms with Crippen LogP contribution in [-0.2, 0) is 4.79 Å². The minimum absolute atomic E-state index is 0.00763. The minimum atomic E-state index is 0.00763. The Morgan fingerprint density at radius 3 is 2.83 bits per heavy atom. The third-order valence-electron chi connectivity index (χ3n) is 4.40. The monoisotopic (exact) mass is 314 g/mol. The number of hydrogen-bond donors (Lipinski definition) is 2. The van der Waals surface area contributed by atoms with Crippen LogP contribution in [0.25, 0.3) is 0 Å². The Morgan fingerprint density at radius 2 is 2.17 bits per heavy atom. The van der Waals surface area contributed by atoms with Crippen LogP contribution < -0.4 is 10.5 Å². The molecule has 1 atom stereocenters. The van der Waals surface area contributed by atoms with E-state index < -0.39 is 0 Å². The maximum atomic E-state index is 12.4. The molecule has 0 aliphatic carbocycles. The number of aryl methyl sites for hydroxylation is 2. The summed E-state index contributed by atoms with van der Waals surface area (Å²) >= 11 is 0. The van der Waals surface area contributed by atoms with E-state index in [1.54, 1.807) is 6.20 Å². The summed E-state index contributed by atoms with van der Waals surface area (Å²) in [6.45, 7) is 5.41. The molecule has 23 heavy (non-hydrogen) atoms. The van der Waals surface area contributed by atoms with Crippen LogP contribution >= 0.6 is 0 Å². The number of amides is 1. The van der Waals surface area contributed by atoms with E-state index in [1.165, 1.54) is 0 Å². The molecule has 1 fully saturated rings. The van der Waals surface area contributed by atoms with Crippen molar-refractivity contribution in [2.75, 3.05) is 25.4 Å². The van der Waals surface area contributed by atoms with Gasteiger partial charge in [0.2, 0.25) is 0 Å². The molecule has 1 amide bonds. The van der Waals surface area contributed by atoms with Gasteiger partial charge in [0.05, 0.1) is 17.6 Å². The van der Waals surface area contributed by atoms with Crippen molar-refractivity contribution < 1.29 is 9.53 Å². The molecule has 0 radical (unpaired) electrons. The molecule has 6 heteroatoms. The number of para-hydroxylation sites is 1. The van der Waals surface area contributed by atoms with Crippen molar-refractivity contribution in [1.82, 2.24) is 15.1 Å². The molecule has 1 saturated heterocycles. The van der Waals surface area contributed by atoms with Gasteiger partial charge in [0, 0.05) is 19.0 Å². The molecule has 1 aliphatic heterocycles. The number of nitrogens with one attached hydrogen (secondary N) is 1. The summed E-state index contributed by atoms with van der Waals surface area (Å²) in [6, 6.07) is 5.96. The quantitative estimate of drug-likeness (QED) is 0.904. The molecule has 1 aromatic heterocycles. The molecule has 2 heterocycles. The second-order valence-corrected chi connectivity index (χ2v) is 6.07. The van der Waals surface area contributed by atoms with Crippen molar-refractivity contribution in [3.63, 3.8) is 0 Å². The molecule has 0 spiro atoms. The highest BCUT2D eigenvalue weighted by atomic mass is 16.5. The Bertz CT molecular complexity index is 690. The average molecular weight is 314 g/mol. The number of H-pyrrole nitrogens is 1. The van der Waals surface area contributed by atoms with Crippen LogP contribution in [0.4, 0.5) is 5.69 Å². The van der Waals surface area contributed by atoms with Crippen molar-refractivity contribution >= 4 is 11.6 Å². The zero-order chi connectivity index (χ0) is 16.4. The number of carbonyl (C=O) groups is 1. The van der Waals surface area contributed by atoms with Gasteiger partial charge in [0.15, 0.2) is 6.61 Å². The molecule has 6 nitrogen and oxygen atoms in total. The molecule has 0 bridgehead atoms. The van der Waals surface area contributed by atoms with Gasteiger partial charge in [-0.25, -0.2) is 0 Å². The van der Waals surface area contributed by atoms with Crippen molar-refractivity contribution in [2.45, 2.75) is 26.2 Å². The van der Waals surface area contributed by atoms with E-state index in [0.717, 1.165) is 35.5 Å². The summed E-state index contributed by atoms with van der Waals surface area (Å²) < 4.78 is 5.76. The first-order valence-electron chi connectivity index (χ1n) is 7.81. The fraction of sp³-hybridized carbons (Fsp3) is 0.412. The van der Waals surface area contributed by atoms with E-state index in [9.17, 15) is 4.79 Å². The Kier molecular flexibility index (Phi) is 4.23. The zero-order valence-corrected chi connectivity index (χ0v) is 13.5. The number of likely N-dealkylation sites (tertiary alicyclic amines) is 1. The van der Waals surface area contributed by atoms with E-state index in [1.807, 2.05) is 36.9 Å². The lowest BCUT2D eigenvalue weighted by molar-refractivity contribution is -0.132. The summed E-state index contributed by atoms with van der Waals surface area (Å²) in [4.78, 5) is 14.2. The van der Waals surface area contributed by atoms with Crippen molar-refractivity contribution in [1.29, 1.82) is 0 Å². The normalized spacial score (nSPS) is 17.5. The number of rotatable bonds is 4. The summed E-state index contributed by atoms with van der Waals surface area (Å²) in [5.41, 5.74) is 9.57. The van der Waals surface area contributed by atoms with Crippen LogP contribution in [-0.4, -0.2) is 40.7 Å². The third kappa shape index (κ3) is 3.16. The number of benzene rings is 1. The third-order valence-corrected chi connectivity index (χ3v) is 4.40. The average Bonchev–Trinajstić information content (AvgIpc) is 3.15. The summed E-state index contributed by atoms with van der Waals surface area (Å²) in [5, 5.41) is 6.89. The predicted octanol–water partition coefficient (Wildman–Crippen LogP) is 2.00. The van der Waals surface area contributed by atoms with Crippen molar-refractivity contribution in [2.24, 2.45) is 0 Å². The molecule has 122 valence electrons. The van der Waals surface area contributed by atoms with Gasteiger partial charge in [-0.3, -0.25) is 9.89 Å². The van der Waals surface area contributed by atoms with Crippen LogP contribution in [0.5, 0.6) is 5.75 Å². The van der Waals surface area contributed by atoms with Crippen LogP contribution in [0.2, 0.25) is 0 Å². The van der Waals surface area contributed by atoms with Gasteiger partial charge >= 0.3 is 0 Å². The minimum Gasteiger partial charge on any atom is -0.483 e. The molecule has 3 rings (SSSR count). The highest BCUT2D eigenvalue weighted by Crippen LogP contribution is 2.29. The molecular weight excluding hydrogens is 292 g/mol. The van der Waals surface area contributed by atoms with Crippen LogP contribution in [0.15, 0.2) is 24.4 Å². The first-order chi connectivity index (χ1) is 11.1. The summed E-state index contributed by atoms with van der Waals surface area (Å²) in [6.07, 6.45) is 2.51. The number of nitrogens with zero attached hydrogens (tertiary/aromatic N) is 2. The lowest BCUT2D eigenvalue weighted by Crippen LogP contribution is -2.33. The standard InChI is InChI=1S/C17H22N4O2/c1-11-4-3-5-12(2)17(11)23-10-15(22)21-7-6-13(9-21)16-14(18)8-19-20-16/h3-5,8,13H,6-7,9-10,18H2,1-2H3,(H,19,20). The van der Waals surface area contributed by atoms with E-state index in [-0.39, 0.29) is 18.4 Å². The van der Waals surface area contributed by atoms with Gasteiger partial charge in [0.25, 0.3) is 5.91 Å². The van der Waals surface area contributed by atoms with Gasteiger partial charge in [-0.15, -0.1) is 0 Å². The fourth-order valence-electron chi connectivity index (χ4n) is 3.11. The molecule has 2 aromatic rings. The Labute approximate surface area is 135 Å². The SMILES string of the molecule is Cc1cccc(C)c1OCC(=O)N1CCC(c2[nH]ncc2N)C1. The maximum absolute atomic E-state index is 12.4. The lowest BCUT2D eigenvalue weighted by atomic mass is 10.0. The zero-order valence-electron chi connectivity index (χ0n) is 13.5. The summed E-state index contributed by atoms with van der Waals surface area (Å²) in [7, 11) is 0. The molecule has 1 aliphatic rings. The Hall–Kier alpha value is -2.50. The molecule has 1 aromatic carbocycles. The molecule has 1 unspecified atom stereocenters. The lowest BCUT2D eigenvalue weighted by Gasteiger charge is -2.18. The predicted molar refractivity (Wildman–Crippen MR) is 88.3 cm³/mol. The fourth-order valence-corrected chi connectivity index (χ4v) is 3.11. The van der Waals surface area contributed by atoms with E-state index >= 15 is 0 Å². The Morgan fingerprint density at radius 1 is 1.43 bits per heavy atom. The smallest absolute Gasteiger partial charge is 0.260 e. The highest BCUT2D eigenvalue weighted by molar-refractivity contribution is 5.78. The molecule has 3 N–H and O–H groups in total. The van der Waals surface area contributed by atoms with Gasteiger partial charge in [-0.2, -0.15) is 5.10 Å². The van der Waals surface area contributed by atoms with Gasteiger partial charge in [-0.1, -0.05) is 18.2 Å². The van der Waals surface area contributed by atoms with Gasteiger partial charge < -0.3 is 15.4 Å². The number of aromatic nitrogens is 2. The van der Waals surface area contributed by atoms with Crippen molar-refractivity contribution in [3.05, 3.63) is 41.2 Å². The number of nitrogen functional groups attached to an aromatic ring is 1. The van der Waals surface area contributed by atoms with Crippen LogP contribution in [0.1, 0.15) is 29.2 Å². The molecular formula is C17H22N4O2. The molecule has 0 saturated carbocycles. The number of ether oxygens (including phenoxy) is 1. The van der Waals surface area contributed by atoms with E-state index in [0.29, 0.717) is 12.2 Å². The largest absolute Gasteiger partial charge is 0.483 e. The first kappa shape index (κ1) is 15.4. The van der Waals surface area contributed by atoms with Gasteiger partial charge in [-0.05, 0) is 31.4 Å². The summed E-state index contributed by atoms with van der Waals surface area (Å²) in [5.74, 6) is 1.03. The number of carbonyl (C=O) groups excluding carboxylic acids is 1. The number of hydrogen-bond acceptors (Lipinski definition) is 4. The Balaban J connectivity index is 1.59. The van der Waals surface area contributed by atoms with E-state index in [4.69, 9.17) is 10.5 Å². The maximum Gasteiger partial charge on any atom is 0.260 e. The highest BCUT2D eigenvalue weighted by Gasteiger charge is 2.29. The second-order valence-electron chi connectivity index (χ2n) is 6.07. The number of aromatic amines is 1. The number of nitrogens with two attached hydrogens (primary N) is 1. The topological polar surface area (TPSA) is 84.2 Å². The van der Waals surface area contributed by atoms with Crippen LogP contribution in [0.3, 0.4) is 0 Å². The first-order valence-corrected chi connectivity index (χ1v) is 7.81. The van der Waals surface area contributed by atoms with E-state index in [2.05, 4.69) is 10.2 Å². The van der Waals surface area contributed by atoms with Crippen molar-refractivity contribution in [3.8, 4) is 5.75 Å². The number of anilines is 1. The second kappa shape index (κ2) is 6.32. The van der Waals surface area contributed by atoms with Crippen LogP contribution in [0, 0.1) is 13.8 Å². The van der Waals surface area contributed by atoms with Gasteiger partial charge in [0.1, 0.15) is 5.75 Å².